The first-order valence-corrected chi connectivity index (χ1v) is 10.1. The Morgan fingerprint density at radius 1 is 1.24 bits per heavy atom. The Morgan fingerprint density at radius 2 is 1.86 bits per heavy atom. The number of aliphatic hydroxyl groups is 1. The molecule has 2 fully saturated rings. The molecule has 2 saturated carbocycles. The van der Waals surface area contributed by atoms with Crippen LogP contribution in [0.15, 0.2) is 28.8 Å². The van der Waals surface area contributed by atoms with Gasteiger partial charge < -0.3 is 15.2 Å². The number of halogens is 2. The van der Waals surface area contributed by atoms with Crippen LogP contribution in [0.4, 0.5) is 14.5 Å². The van der Waals surface area contributed by atoms with E-state index in [9.17, 15) is 18.7 Å². The van der Waals surface area contributed by atoms with Gasteiger partial charge in [0.15, 0.2) is 0 Å². The van der Waals surface area contributed by atoms with Crippen molar-refractivity contribution in [2.45, 2.75) is 64.2 Å². The first kappa shape index (κ1) is 21.4. The third-order valence-electron chi connectivity index (χ3n) is 5.82. The Bertz CT molecular complexity index is 769. The summed E-state index contributed by atoms with van der Waals surface area (Å²) in [6.45, 7) is 2.24. The third kappa shape index (κ3) is 5.85. The highest BCUT2D eigenvalue weighted by molar-refractivity contribution is 5.98. The zero-order valence-corrected chi connectivity index (χ0v) is 16.6. The molecule has 1 unspecified atom stereocenters. The van der Waals surface area contributed by atoms with Gasteiger partial charge in [-0.3, -0.25) is 9.79 Å². The van der Waals surface area contributed by atoms with Crippen molar-refractivity contribution < 1.29 is 23.4 Å². The summed E-state index contributed by atoms with van der Waals surface area (Å²) in [4.78, 5) is 16.4. The number of ether oxygens (including phenoxy) is 1. The van der Waals surface area contributed by atoms with Crippen LogP contribution in [0.2, 0.25) is 0 Å². The molecule has 1 aromatic rings. The molecule has 0 radical (unpaired) electrons. The van der Waals surface area contributed by atoms with Gasteiger partial charge in [0.2, 0.25) is 5.91 Å². The number of alkyl halides is 2. The van der Waals surface area contributed by atoms with E-state index < -0.39 is 6.61 Å². The standard InChI is InChI=1S/C22H28F2N2O3/c1-13(11-16-7-10-18(29-22(23)24)12-19(16)25-2)21(28)26-17-8-5-15(6-9-17)20(27)14-3-4-14/h7,10-12,14-15,17,20,22,27H,2-6,8-9H2,1H3,(H,26,28)/b13-11+/t15-,17-,20?. The fourth-order valence-electron chi connectivity index (χ4n) is 3.98. The molecule has 0 saturated heterocycles. The highest BCUT2D eigenvalue weighted by Crippen LogP contribution is 2.40. The van der Waals surface area contributed by atoms with E-state index in [2.05, 4.69) is 21.8 Å². The summed E-state index contributed by atoms with van der Waals surface area (Å²) in [6.07, 6.45) is 7.35. The van der Waals surface area contributed by atoms with Crippen LogP contribution in [0.1, 0.15) is 51.0 Å². The normalized spacial score (nSPS) is 23.6. The Kier molecular flexibility index (Phi) is 7.00. The van der Waals surface area contributed by atoms with E-state index in [1.54, 1.807) is 19.1 Å². The predicted octanol–water partition coefficient (Wildman–Crippen LogP) is 4.47. The van der Waals surface area contributed by atoms with E-state index in [1.807, 2.05) is 0 Å². The zero-order valence-electron chi connectivity index (χ0n) is 16.6. The number of aliphatic imine (C=N–C) groups is 1. The van der Waals surface area contributed by atoms with E-state index in [0.29, 0.717) is 28.7 Å². The summed E-state index contributed by atoms with van der Waals surface area (Å²) in [6, 6.07) is 4.45. The third-order valence-corrected chi connectivity index (χ3v) is 5.82. The van der Waals surface area contributed by atoms with Gasteiger partial charge in [-0.25, -0.2) is 0 Å². The predicted molar refractivity (Wildman–Crippen MR) is 109 cm³/mol. The minimum absolute atomic E-state index is 0.00759. The van der Waals surface area contributed by atoms with Crippen LogP contribution in [0.25, 0.3) is 6.08 Å². The monoisotopic (exact) mass is 406 g/mol. The van der Waals surface area contributed by atoms with Crippen LogP contribution in [-0.2, 0) is 4.79 Å². The SMILES string of the molecule is C=Nc1cc(OC(F)F)ccc1/C=C(\C)C(=O)N[C@H]1CC[C@H](C(O)C2CC2)CC1. The fraction of sp³-hybridized carbons (Fsp3) is 0.545. The number of carbonyl (C=O) groups excluding carboxylic acids is 1. The molecular formula is C22H28F2N2O3. The second-order valence-corrected chi connectivity index (χ2v) is 8.00. The number of benzene rings is 1. The van der Waals surface area contributed by atoms with Crippen LogP contribution in [0, 0.1) is 11.8 Å². The topological polar surface area (TPSA) is 70.9 Å². The second-order valence-electron chi connectivity index (χ2n) is 8.00. The molecule has 2 aliphatic rings. The van der Waals surface area contributed by atoms with Crippen molar-refractivity contribution in [2.24, 2.45) is 16.8 Å². The minimum atomic E-state index is -2.91. The summed E-state index contributed by atoms with van der Waals surface area (Å²) in [5.41, 5.74) is 1.47. The first-order chi connectivity index (χ1) is 13.9. The van der Waals surface area contributed by atoms with Gasteiger partial charge in [-0.15, -0.1) is 0 Å². The molecule has 0 bridgehead atoms. The van der Waals surface area contributed by atoms with Crippen molar-refractivity contribution in [3.8, 4) is 5.75 Å². The lowest BCUT2D eigenvalue weighted by atomic mass is 9.81. The van der Waals surface area contributed by atoms with Gasteiger partial charge in [-0.1, -0.05) is 0 Å². The Morgan fingerprint density at radius 3 is 2.41 bits per heavy atom. The van der Waals surface area contributed by atoms with Gasteiger partial charge in [0.05, 0.1) is 11.8 Å². The molecule has 0 heterocycles. The number of rotatable bonds is 8. The number of hydrogen-bond acceptors (Lipinski definition) is 4. The van der Waals surface area contributed by atoms with Crippen molar-refractivity contribution in [1.82, 2.24) is 5.32 Å². The smallest absolute Gasteiger partial charge is 0.387 e. The summed E-state index contributed by atoms with van der Waals surface area (Å²) in [7, 11) is 0. The molecule has 5 nitrogen and oxygen atoms in total. The van der Waals surface area contributed by atoms with Crippen LogP contribution in [-0.4, -0.2) is 36.5 Å². The number of amides is 1. The Labute approximate surface area is 169 Å². The molecule has 1 atom stereocenters. The van der Waals surface area contributed by atoms with Gasteiger partial charge in [0, 0.05) is 23.2 Å². The highest BCUT2D eigenvalue weighted by atomic mass is 19.3. The van der Waals surface area contributed by atoms with Crippen molar-refractivity contribution in [1.29, 1.82) is 0 Å². The zero-order chi connectivity index (χ0) is 21.0. The Balaban J connectivity index is 1.57. The number of hydrogen-bond donors (Lipinski definition) is 2. The van der Waals surface area contributed by atoms with Gasteiger partial charge in [-0.05, 0) is 82.2 Å². The maximum absolute atomic E-state index is 12.6. The average Bonchev–Trinajstić information content (AvgIpc) is 3.54. The number of carbonyl (C=O) groups is 1. The van der Waals surface area contributed by atoms with Crippen LogP contribution in [0.3, 0.4) is 0 Å². The molecule has 158 valence electrons. The van der Waals surface area contributed by atoms with Gasteiger partial charge in [0.1, 0.15) is 5.75 Å². The quantitative estimate of drug-likeness (QED) is 0.494. The number of aliphatic hydroxyl groups excluding tert-OH is 1. The largest absolute Gasteiger partial charge is 0.435 e. The molecule has 0 aromatic heterocycles. The lowest BCUT2D eigenvalue weighted by molar-refractivity contribution is -0.118. The van der Waals surface area contributed by atoms with Gasteiger partial charge in [-0.2, -0.15) is 8.78 Å². The Hall–Kier alpha value is -2.28. The maximum Gasteiger partial charge on any atom is 0.387 e. The highest BCUT2D eigenvalue weighted by Gasteiger charge is 2.37. The van der Waals surface area contributed by atoms with Crippen molar-refractivity contribution in [3.63, 3.8) is 0 Å². The van der Waals surface area contributed by atoms with Gasteiger partial charge >= 0.3 is 6.61 Å². The molecular weight excluding hydrogens is 378 g/mol. The summed E-state index contributed by atoms with van der Waals surface area (Å²) < 4.78 is 29.1. The first-order valence-electron chi connectivity index (χ1n) is 10.1. The van der Waals surface area contributed by atoms with Crippen LogP contribution < -0.4 is 10.1 Å². The molecule has 1 aromatic carbocycles. The van der Waals surface area contributed by atoms with Crippen LogP contribution in [0.5, 0.6) is 5.75 Å². The van der Waals surface area contributed by atoms with Crippen molar-refractivity contribution >= 4 is 24.4 Å². The summed E-state index contributed by atoms with van der Waals surface area (Å²) in [5.74, 6) is 0.662. The lowest BCUT2D eigenvalue weighted by Gasteiger charge is -2.32. The summed E-state index contributed by atoms with van der Waals surface area (Å²) in [5, 5.41) is 13.3. The van der Waals surface area contributed by atoms with E-state index in [4.69, 9.17) is 0 Å². The van der Waals surface area contributed by atoms with E-state index in [-0.39, 0.29) is 23.8 Å². The fourth-order valence-corrected chi connectivity index (χ4v) is 3.98. The van der Waals surface area contributed by atoms with Crippen LogP contribution >= 0.6 is 0 Å². The van der Waals surface area contributed by atoms with Crippen molar-refractivity contribution in [2.75, 3.05) is 0 Å². The number of nitrogens with one attached hydrogen (secondary N) is 1. The molecule has 0 aliphatic heterocycles. The van der Waals surface area contributed by atoms with E-state index in [1.165, 1.54) is 12.1 Å². The van der Waals surface area contributed by atoms with E-state index in [0.717, 1.165) is 38.5 Å². The maximum atomic E-state index is 12.6. The van der Waals surface area contributed by atoms with Gasteiger partial charge in [0.25, 0.3) is 0 Å². The van der Waals surface area contributed by atoms with Crippen molar-refractivity contribution in [3.05, 3.63) is 29.3 Å². The molecule has 2 N–H and O–H groups in total. The number of nitrogens with zero attached hydrogens (tertiary/aromatic N) is 1. The average molecular weight is 406 g/mol. The van der Waals surface area contributed by atoms with E-state index >= 15 is 0 Å². The molecule has 29 heavy (non-hydrogen) atoms. The second kappa shape index (κ2) is 9.48. The molecule has 1 amide bonds. The molecule has 0 spiro atoms. The lowest BCUT2D eigenvalue weighted by Crippen LogP contribution is -2.40. The molecule has 3 rings (SSSR count). The summed E-state index contributed by atoms with van der Waals surface area (Å²) >= 11 is 0. The molecule has 7 heteroatoms. The molecule has 2 aliphatic carbocycles. The minimum Gasteiger partial charge on any atom is -0.435 e.